The molecule has 1 saturated carbocycles. The number of halogens is 1. The van der Waals surface area contributed by atoms with E-state index < -0.39 is 11.2 Å². The summed E-state index contributed by atoms with van der Waals surface area (Å²) in [7, 11) is 0. The van der Waals surface area contributed by atoms with Crippen LogP contribution in [0.25, 0.3) is 6.08 Å². The average Bonchev–Trinajstić information content (AvgIpc) is 3.15. The Labute approximate surface area is 134 Å². The highest BCUT2D eigenvalue weighted by Gasteiger charge is 2.49. The molecule has 2 aliphatic rings. The van der Waals surface area contributed by atoms with Crippen LogP contribution < -0.4 is 0 Å². The predicted octanol–water partition coefficient (Wildman–Crippen LogP) is 4.87. The van der Waals surface area contributed by atoms with Gasteiger partial charge in [-0.2, -0.15) is 0 Å². The second-order valence-corrected chi connectivity index (χ2v) is 7.97. The van der Waals surface area contributed by atoms with Crippen LogP contribution >= 0.6 is 15.9 Å². The smallest absolute Gasteiger partial charge is 0.192 e. The lowest BCUT2D eigenvalue weighted by atomic mass is 9.89. The molecule has 21 heavy (non-hydrogen) atoms. The number of Topliss-reactive ketones (excluding diaryl/α,β-unsaturated/α-hetero) is 1. The van der Waals surface area contributed by atoms with E-state index >= 15 is 0 Å². The molecule has 0 radical (unpaired) electrons. The van der Waals surface area contributed by atoms with Crippen molar-refractivity contribution in [1.82, 2.24) is 0 Å². The minimum absolute atomic E-state index is 0.0919. The van der Waals surface area contributed by atoms with Gasteiger partial charge in [0.05, 0.1) is 5.60 Å². The number of rotatable bonds is 2. The molecule has 0 N–H and O–H groups in total. The van der Waals surface area contributed by atoms with Gasteiger partial charge in [-0.15, -0.1) is 0 Å². The molecule has 2 nitrogen and oxygen atoms in total. The van der Waals surface area contributed by atoms with E-state index in [4.69, 9.17) is 4.74 Å². The number of hydrogen-bond donors (Lipinski definition) is 0. The zero-order valence-electron chi connectivity index (χ0n) is 13.0. The number of benzene rings is 1. The third-order valence-corrected chi connectivity index (χ3v) is 4.81. The fourth-order valence-electron chi connectivity index (χ4n) is 3.17. The van der Waals surface area contributed by atoms with E-state index in [2.05, 4.69) is 34.1 Å². The second-order valence-electron chi connectivity index (χ2n) is 7.06. The molecule has 1 saturated heterocycles. The van der Waals surface area contributed by atoms with E-state index in [9.17, 15) is 4.79 Å². The summed E-state index contributed by atoms with van der Waals surface area (Å²) >= 11 is 3.54. The molecule has 0 amide bonds. The van der Waals surface area contributed by atoms with Crippen molar-refractivity contribution in [3.63, 3.8) is 0 Å². The van der Waals surface area contributed by atoms with Gasteiger partial charge in [0, 0.05) is 10.0 Å². The van der Waals surface area contributed by atoms with Gasteiger partial charge < -0.3 is 4.74 Å². The Bertz CT molecular complexity index is 637. The molecule has 0 bridgehead atoms. The number of ketones is 1. The molecular formula is C18H21BrO2. The van der Waals surface area contributed by atoms with E-state index in [1.807, 2.05) is 33.8 Å². The quantitative estimate of drug-likeness (QED) is 0.713. The third-order valence-electron chi connectivity index (χ3n) is 4.32. The zero-order valence-corrected chi connectivity index (χ0v) is 14.6. The molecule has 1 aromatic carbocycles. The molecular weight excluding hydrogens is 328 g/mol. The molecule has 0 spiro atoms. The first-order valence-corrected chi connectivity index (χ1v) is 8.26. The first kappa shape index (κ1) is 15.0. The summed E-state index contributed by atoms with van der Waals surface area (Å²) in [6, 6.07) is 6.36. The first-order chi connectivity index (χ1) is 9.71. The predicted molar refractivity (Wildman–Crippen MR) is 88.3 cm³/mol. The molecule has 0 atom stereocenters. The lowest BCUT2D eigenvalue weighted by Crippen LogP contribution is -2.29. The molecule has 0 aromatic heterocycles. The number of ether oxygens (including phenoxy) is 1. The molecule has 2 fully saturated rings. The fraction of sp³-hybridized carbons (Fsp3) is 0.500. The normalized spacial score (nSPS) is 25.6. The molecule has 1 aliphatic carbocycles. The Morgan fingerprint density at radius 3 is 2.38 bits per heavy atom. The Kier molecular flexibility index (Phi) is 3.42. The summed E-state index contributed by atoms with van der Waals surface area (Å²) in [6.45, 7) is 7.64. The van der Waals surface area contributed by atoms with Crippen LogP contribution in [0.5, 0.6) is 0 Å². The van der Waals surface area contributed by atoms with Crippen LogP contribution in [0.3, 0.4) is 0 Å². The van der Waals surface area contributed by atoms with Crippen LogP contribution in [-0.2, 0) is 9.53 Å². The average molecular weight is 349 g/mol. The Hall–Kier alpha value is -0.930. The van der Waals surface area contributed by atoms with Gasteiger partial charge in [-0.05, 0) is 75.8 Å². The molecule has 1 heterocycles. The summed E-state index contributed by atoms with van der Waals surface area (Å²) < 4.78 is 6.99. The highest BCUT2D eigenvalue weighted by Crippen LogP contribution is 2.45. The highest BCUT2D eigenvalue weighted by molar-refractivity contribution is 9.10. The Morgan fingerprint density at radius 1 is 1.19 bits per heavy atom. The van der Waals surface area contributed by atoms with Crippen molar-refractivity contribution in [3.05, 3.63) is 39.4 Å². The number of carbonyl (C=O) groups is 1. The maximum atomic E-state index is 12.6. The van der Waals surface area contributed by atoms with Gasteiger partial charge >= 0.3 is 0 Å². The summed E-state index contributed by atoms with van der Waals surface area (Å²) in [5.74, 6) is 0.743. The van der Waals surface area contributed by atoms with Gasteiger partial charge in [-0.3, -0.25) is 4.79 Å². The van der Waals surface area contributed by atoms with Crippen molar-refractivity contribution in [2.45, 2.75) is 57.7 Å². The van der Waals surface area contributed by atoms with Gasteiger partial charge in [-0.25, -0.2) is 0 Å². The second kappa shape index (κ2) is 4.79. The van der Waals surface area contributed by atoms with Gasteiger partial charge in [0.25, 0.3) is 0 Å². The standard InChI is InChI=1S/C18H21BrO2/c1-17(2)15(16(20)18(3,4)21-17)10-12-9-13(19)7-8-14(12)11-5-6-11/h7-11H,5-6H2,1-4H3. The first-order valence-electron chi connectivity index (χ1n) is 7.47. The van der Waals surface area contributed by atoms with E-state index in [-0.39, 0.29) is 5.78 Å². The largest absolute Gasteiger partial charge is 0.357 e. The summed E-state index contributed by atoms with van der Waals surface area (Å²) in [4.78, 5) is 12.6. The van der Waals surface area contributed by atoms with Gasteiger partial charge in [0.1, 0.15) is 5.60 Å². The van der Waals surface area contributed by atoms with E-state index in [1.165, 1.54) is 18.4 Å². The minimum Gasteiger partial charge on any atom is -0.357 e. The molecule has 3 heteroatoms. The fourth-order valence-corrected chi connectivity index (χ4v) is 3.55. The number of carbonyl (C=O) groups excluding carboxylic acids is 1. The summed E-state index contributed by atoms with van der Waals surface area (Å²) in [5.41, 5.74) is 1.99. The van der Waals surface area contributed by atoms with Crippen LogP contribution in [0, 0.1) is 0 Å². The van der Waals surface area contributed by atoms with Gasteiger partial charge in [-0.1, -0.05) is 22.0 Å². The maximum Gasteiger partial charge on any atom is 0.192 e. The molecule has 1 aromatic rings. The molecule has 1 aliphatic heterocycles. The molecule has 3 rings (SSSR count). The lowest BCUT2D eigenvalue weighted by Gasteiger charge is -2.22. The van der Waals surface area contributed by atoms with Gasteiger partial charge in [0.2, 0.25) is 0 Å². The van der Waals surface area contributed by atoms with Crippen LogP contribution in [0.4, 0.5) is 0 Å². The van der Waals surface area contributed by atoms with Crippen molar-refractivity contribution in [2.75, 3.05) is 0 Å². The lowest BCUT2D eigenvalue weighted by molar-refractivity contribution is -0.132. The van der Waals surface area contributed by atoms with Gasteiger partial charge in [0.15, 0.2) is 5.78 Å². The van der Waals surface area contributed by atoms with Crippen molar-refractivity contribution >= 4 is 27.8 Å². The Balaban J connectivity index is 2.09. The van der Waals surface area contributed by atoms with Crippen molar-refractivity contribution < 1.29 is 9.53 Å². The highest BCUT2D eigenvalue weighted by atomic mass is 79.9. The summed E-state index contributed by atoms with van der Waals surface area (Å²) in [5, 5.41) is 0. The van der Waals surface area contributed by atoms with Crippen LogP contribution in [0.1, 0.15) is 57.6 Å². The minimum atomic E-state index is -0.735. The SMILES string of the molecule is CC1(C)OC(C)(C)C(=Cc2cc(Br)ccc2C2CC2)C1=O. The van der Waals surface area contributed by atoms with E-state index in [1.54, 1.807) is 0 Å². The summed E-state index contributed by atoms with van der Waals surface area (Å²) in [6.07, 6.45) is 4.53. The monoisotopic (exact) mass is 348 g/mol. The van der Waals surface area contributed by atoms with E-state index in [0.717, 1.165) is 15.6 Å². The van der Waals surface area contributed by atoms with Crippen molar-refractivity contribution in [3.8, 4) is 0 Å². The maximum absolute atomic E-state index is 12.6. The van der Waals surface area contributed by atoms with Crippen molar-refractivity contribution in [2.24, 2.45) is 0 Å². The Morgan fingerprint density at radius 2 is 1.86 bits per heavy atom. The van der Waals surface area contributed by atoms with Crippen LogP contribution in [0.15, 0.2) is 28.2 Å². The third kappa shape index (κ3) is 2.74. The van der Waals surface area contributed by atoms with Crippen LogP contribution in [0.2, 0.25) is 0 Å². The number of hydrogen-bond acceptors (Lipinski definition) is 2. The molecule has 0 unspecified atom stereocenters. The van der Waals surface area contributed by atoms with Crippen molar-refractivity contribution in [1.29, 1.82) is 0 Å². The zero-order chi connectivity index (χ0) is 15.4. The topological polar surface area (TPSA) is 26.3 Å². The molecule has 112 valence electrons. The van der Waals surface area contributed by atoms with E-state index in [0.29, 0.717) is 5.92 Å². The van der Waals surface area contributed by atoms with Crippen LogP contribution in [-0.4, -0.2) is 17.0 Å².